The number of rotatable bonds is 5. The van der Waals surface area contributed by atoms with E-state index in [0.717, 1.165) is 12.0 Å². The number of nitrogens with zero attached hydrogens (tertiary/aromatic N) is 2. The molecule has 3 rings (SSSR count). The van der Waals surface area contributed by atoms with Crippen molar-refractivity contribution in [1.82, 2.24) is 10.1 Å². The van der Waals surface area contributed by atoms with Crippen molar-refractivity contribution in [2.45, 2.75) is 20.0 Å². The Morgan fingerprint density at radius 2 is 2.00 bits per heavy atom. The predicted molar refractivity (Wildman–Crippen MR) is 92.3 cm³/mol. The van der Waals surface area contributed by atoms with E-state index in [4.69, 9.17) is 9.26 Å². The van der Waals surface area contributed by atoms with Gasteiger partial charge in [0.1, 0.15) is 5.82 Å². The van der Waals surface area contributed by atoms with Gasteiger partial charge in [0, 0.05) is 10.0 Å². The van der Waals surface area contributed by atoms with Crippen LogP contribution < -0.4 is 0 Å². The van der Waals surface area contributed by atoms with Gasteiger partial charge in [-0.25, -0.2) is 9.18 Å². The van der Waals surface area contributed by atoms with E-state index in [9.17, 15) is 9.18 Å². The zero-order valence-corrected chi connectivity index (χ0v) is 14.9. The molecule has 0 amide bonds. The minimum atomic E-state index is -0.800. The fourth-order valence-corrected chi connectivity index (χ4v) is 2.54. The van der Waals surface area contributed by atoms with Gasteiger partial charge in [0.15, 0.2) is 6.61 Å². The number of aryl methyl sites for hydroxylation is 1. The number of carbonyl (C=O) groups excluding carboxylic acids is 1. The number of esters is 1. The lowest BCUT2D eigenvalue weighted by molar-refractivity contribution is 0.0424. The van der Waals surface area contributed by atoms with Crippen LogP contribution in [0.25, 0.3) is 11.4 Å². The molecule has 1 heterocycles. The molecule has 0 atom stereocenters. The summed E-state index contributed by atoms with van der Waals surface area (Å²) in [4.78, 5) is 16.1. The Balaban J connectivity index is 1.67. The fraction of sp³-hybridized carbons (Fsp3) is 0.167. The summed E-state index contributed by atoms with van der Waals surface area (Å²) < 4.78 is 24.4. The molecule has 0 unspecified atom stereocenters. The van der Waals surface area contributed by atoms with E-state index >= 15 is 0 Å². The summed E-state index contributed by atoms with van der Waals surface area (Å²) in [6, 6.07) is 11.8. The molecule has 5 nitrogen and oxygen atoms in total. The maximum atomic E-state index is 13.7. The molecule has 0 bridgehead atoms. The molecule has 0 N–H and O–H groups in total. The van der Waals surface area contributed by atoms with Crippen LogP contribution in [0.3, 0.4) is 0 Å². The molecule has 128 valence electrons. The first-order valence-electron chi connectivity index (χ1n) is 7.61. The molecule has 0 saturated heterocycles. The SMILES string of the molecule is CCc1ccc(-c2noc(COC(=O)c3cc(Br)ccc3F)n2)cc1. The van der Waals surface area contributed by atoms with Gasteiger partial charge in [-0.05, 0) is 30.2 Å². The average Bonchev–Trinajstić information content (AvgIpc) is 3.11. The molecule has 0 aliphatic rings. The van der Waals surface area contributed by atoms with Gasteiger partial charge in [-0.2, -0.15) is 4.98 Å². The number of ether oxygens (including phenoxy) is 1. The van der Waals surface area contributed by atoms with E-state index in [-0.39, 0.29) is 18.1 Å². The van der Waals surface area contributed by atoms with Crippen molar-refractivity contribution in [2.75, 3.05) is 0 Å². The van der Waals surface area contributed by atoms with Gasteiger partial charge in [0.25, 0.3) is 5.89 Å². The summed E-state index contributed by atoms with van der Waals surface area (Å²) in [5.41, 5.74) is 1.85. The minimum absolute atomic E-state index is 0.137. The molecular weight excluding hydrogens is 391 g/mol. The molecule has 0 radical (unpaired) electrons. The highest BCUT2D eigenvalue weighted by Gasteiger charge is 2.16. The van der Waals surface area contributed by atoms with Crippen LogP contribution in [0, 0.1) is 5.82 Å². The Kier molecular flexibility index (Phi) is 5.23. The Labute approximate surface area is 151 Å². The predicted octanol–water partition coefficient (Wildman–Crippen LogP) is 4.56. The number of hydrogen-bond donors (Lipinski definition) is 0. The Bertz CT molecular complexity index is 894. The van der Waals surface area contributed by atoms with Gasteiger partial charge in [-0.1, -0.05) is 52.3 Å². The summed E-state index contributed by atoms with van der Waals surface area (Å²) >= 11 is 3.18. The third-order valence-corrected chi connectivity index (χ3v) is 4.06. The number of aromatic nitrogens is 2. The van der Waals surface area contributed by atoms with Crippen LogP contribution in [0.5, 0.6) is 0 Å². The molecule has 25 heavy (non-hydrogen) atoms. The summed E-state index contributed by atoms with van der Waals surface area (Å²) in [7, 11) is 0. The maximum absolute atomic E-state index is 13.7. The van der Waals surface area contributed by atoms with E-state index in [2.05, 4.69) is 33.0 Å². The maximum Gasteiger partial charge on any atom is 0.341 e. The Morgan fingerprint density at radius 1 is 1.24 bits per heavy atom. The normalized spacial score (nSPS) is 10.7. The van der Waals surface area contributed by atoms with E-state index in [1.54, 1.807) is 0 Å². The molecule has 0 fully saturated rings. The molecular formula is C18H14BrFN2O3. The van der Waals surface area contributed by atoms with Gasteiger partial charge in [0.05, 0.1) is 5.56 Å². The van der Waals surface area contributed by atoms with Crippen LogP contribution >= 0.6 is 15.9 Å². The van der Waals surface area contributed by atoms with Crippen LogP contribution in [0.4, 0.5) is 4.39 Å². The Morgan fingerprint density at radius 3 is 2.72 bits per heavy atom. The zero-order chi connectivity index (χ0) is 17.8. The second-order valence-electron chi connectivity index (χ2n) is 5.26. The minimum Gasteiger partial charge on any atom is -0.452 e. The first-order valence-corrected chi connectivity index (χ1v) is 8.40. The number of benzene rings is 2. The van der Waals surface area contributed by atoms with Crippen molar-refractivity contribution in [3.63, 3.8) is 0 Å². The zero-order valence-electron chi connectivity index (χ0n) is 13.3. The lowest BCUT2D eigenvalue weighted by Gasteiger charge is -2.03. The van der Waals surface area contributed by atoms with Crippen LogP contribution in [-0.2, 0) is 17.8 Å². The lowest BCUT2D eigenvalue weighted by Crippen LogP contribution is -2.07. The second kappa shape index (κ2) is 7.57. The van der Waals surface area contributed by atoms with Gasteiger partial charge in [-0.15, -0.1) is 0 Å². The van der Waals surface area contributed by atoms with Crippen LogP contribution in [0.1, 0.15) is 28.7 Å². The molecule has 0 saturated carbocycles. The molecule has 0 aliphatic carbocycles. The van der Waals surface area contributed by atoms with E-state index in [0.29, 0.717) is 10.3 Å². The fourth-order valence-electron chi connectivity index (χ4n) is 2.18. The van der Waals surface area contributed by atoms with E-state index < -0.39 is 11.8 Å². The summed E-state index contributed by atoms with van der Waals surface area (Å²) in [5.74, 6) is -0.915. The third-order valence-electron chi connectivity index (χ3n) is 3.56. The van der Waals surface area contributed by atoms with Crippen molar-refractivity contribution < 1.29 is 18.4 Å². The quantitative estimate of drug-likeness (QED) is 0.583. The molecule has 7 heteroatoms. The van der Waals surface area contributed by atoms with Crippen molar-refractivity contribution in [3.05, 3.63) is 69.8 Å². The summed E-state index contributed by atoms with van der Waals surface area (Å²) in [6.45, 7) is 1.84. The van der Waals surface area contributed by atoms with Gasteiger partial charge < -0.3 is 9.26 Å². The lowest BCUT2D eigenvalue weighted by atomic mass is 10.1. The molecule has 1 aromatic heterocycles. The summed E-state index contributed by atoms with van der Waals surface area (Å²) in [5, 5.41) is 3.87. The third kappa shape index (κ3) is 4.11. The average molecular weight is 405 g/mol. The number of carbonyl (C=O) groups is 1. The monoisotopic (exact) mass is 404 g/mol. The highest BCUT2D eigenvalue weighted by atomic mass is 79.9. The topological polar surface area (TPSA) is 65.2 Å². The van der Waals surface area contributed by atoms with Crippen molar-refractivity contribution in [2.24, 2.45) is 0 Å². The van der Waals surface area contributed by atoms with Gasteiger partial charge >= 0.3 is 5.97 Å². The van der Waals surface area contributed by atoms with Crippen LogP contribution in [-0.4, -0.2) is 16.1 Å². The van der Waals surface area contributed by atoms with Crippen molar-refractivity contribution in [3.8, 4) is 11.4 Å². The van der Waals surface area contributed by atoms with Gasteiger partial charge in [-0.3, -0.25) is 0 Å². The Hall–Kier alpha value is -2.54. The van der Waals surface area contributed by atoms with Crippen LogP contribution in [0.2, 0.25) is 0 Å². The second-order valence-corrected chi connectivity index (χ2v) is 6.18. The smallest absolute Gasteiger partial charge is 0.341 e. The highest BCUT2D eigenvalue weighted by Crippen LogP contribution is 2.19. The van der Waals surface area contributed by atoms with E-state index in [1.165, 1.54) is 23.8 Å². The molecule has 2 aromatic carbocycles. The number of hydrogen-bond acceptors (Lipinski definition) is 5. The first kappa shape index (κ1) is 17.3. The molecule has 0 spiro atoms. The number of halogens is 2. The summed E-state index contributed by atoms with van der Waals surface area (Å²) in [6.07, 6.45) is 0.944. The largest absolute Gasteiger partial charge is 0.452 e. The first-order chi connectivity index (χ1) is 12.1. The molecule has 3 aromatic rings. The standard InChI is InChI=1S/C18H14BrFN2O3/c1-2-11-3-5-12(6-4-11)17-21-16(25-22-17)10-24-18(23)14-9-13(19)7-8-15(14)20/h3-9H,2,10H2,1H3. The van der Waals surface area contributed by atoms with Gasteiger partial charge in [0.2, 0.25) is 5.82 Å². The highest BCUT2D eigenvalue weighted by molar-refractivity contribution is 9.10. The van der Waals surface area contributed by atoms with Crippen LogP contribution in [0.15, 0.2) is 51.5 Å². The van der Waals surface area contributed by atoms with Crippen molar-refractivity contribution >= 4 is 21.9 Å². The van der Waals surface area contributed by atoms with E-state index in [1.807, 2.05) is 24.3 Å². The van der Waals surface area contributed by atoms with Crippen molar-refractivity contribution in [1.29, 1.82) is 0 Å². The molecule has 0 aliphatic heterocycles.